The van der Waals surface area contributed by atoms with Gasteiger partial charge in [0.2, 0.25) is 5.91 Å². The average molecular weight is 364 g/mol. The second-order valence-corrected chi connectivity index (χ2v) is 6.95. The number of carbonyl (C=O) groups is 1. The molecule has 2 aromatic carbocycles. The molecule has 3 aromatic rings. The summed E-state index contributed by atoms with van der Waals surface area (Å²) in [4.78, 5) is 19.3. The summed E-state index contributed by atoms with van der Waals surface area (Å²) >= 11 is 0. The highest BCUT2D eigenvalue weighted by Crippen LogP contribution is 2.29. The number of likely N-dealkylation sites (tertiary alicyclic amines) is 1. The molecular formula is C22H24N2O3. The Kier molecular flexibility index (Phi) is 5.10. The van der Waals surface area contributed by atoms with Crippen molar-refractivity contribution in [3.63, 3.8) is 0 Å². The first-order chi connectivity index (χ1) is 13.2. The van der Waals surface area contributed by atoms with Crippen LogP contribution in [-0.4, -0.2) is 35.5 Å². The van der Waals surface area contributed by atoms with Gasteiger partial charge in [0, 0.05) is 13.1 Å². The van der Waals surface area contributed by atoms with Gasteiger partial charge in [0.1, 0.15) is 11.3 Å². The summed E-state index contributed by atoms with van der Waals surface area (Å²) in [6, 6.07) is 15.6. The summed E-state index contributed by atoms with van der Waals surface area (Å²) in [5, 5.41) is 0. The van der Waals surface area contributed by atoms with Gasteiger partial charge in [0.05, 0.1) is 18.9 Å². The second kappa shape index (κ2) is 7.82. The smallest absolute Gasteiger partial charge is 0.227 e. The van der Waals surface area contributed by atoms with Crippen molar-refractivity contribution < 1.29 is 13.9 Å². The summed E-state index contributed by atoms with van der Waals surface area (Å²) in [6.07, 6.45) is 2.38. The van der Waals surface area contributed by atoms with Gasteiger partial charge >= 0.3 is 0 Å². The van der Waals surface area contributed by atoms with Gasteiger partial charge in [-0.05, 0) is 49.6 Å². The summed E-state index contributed by atoms with van der Waals surface area (Å²) in [5.41, 5.74) is 2.70. The van der Waals surface area contributed by atoms with Crippen molar-refractivity contribution in [2.24, 2.45) is 0 Å². The summed E-state index contributed by atoms with van der Waals surface area (Å²) in [7, 11) is 0. The lowest BCUT2D eigenvalue weighted by atomic mass is 9.97. The van der Waals surface area contributed by atoms with Crippen molar-refractivity contribution in [2.45, 2.75) is 32.1 Å². The third-order valence-electron chi connectivity index (χ3n) is 5.02. The zero-order chi connectivity index (χ0) is 18.6. The number of hydrogen-bond acceptors (Lipinski definition) is 4. The molecule has 1 saturated heterocycles. The number of oxazole rings is 1. The molecule has 0 aliphatic carbocycles. The van der Waals surface area contributed by atoms with Crippen molar-refractivity contribution in [3.05, 3.63) is 60.0 Å². The van der Waals surface area contributed by atoms with Crippen LogP contribution in [0.15, 0.2) is 52.9 Å². The van der Waals surface area contributed by atoms with Crippen molar-refractivity contribution in [3.8, 4) is 5.75 Å². The number of nitrogens with zero attached hydrogens (tertiary/aromatic N) is 2. The zero-order valence-corrected chi connectivity index (χ0v) is 15.6. The van der Waals surface area contributed by atoms with Gasteiger partial charge in [-0.1, -0.05) is 24.3 Å². The third kappa shape index (κ3) is 3.97. The molecule has 1 amide bonds. The topological polar surface area (TPSA) is 55.6 Å². The highest BCUT2D eigenvalue weighted by molar-refractivity contribution is 5.79. The molecule has 0 radical (unpaired) electrons. The van der Waals surface area contributed by atoms with Crippen LogP contribution in [-0.2, 0) is 11.2 Å². The molecule has 1 aliphatic heterocycles. The van der Waals surface area contributed by atoms with E-state index in [0.717, 1.165) is 47.7 Å². The molecule has 0 N–H and O–H groups in total. The standard InChI is InChI=1S/C22H24N2O3/c1-2-26-18-11-9-16(10-12-18)14-21(25)24-13-5-6-17(15-24)22-23-19-7-3-4-8-20(19)27-22/h3-4,7-12,17H,2,5-6,13-15H2,1H3/t17-/m1/s1. The van der Waals surface area contributed by atoms with Crippen molar-refractivity contribution in [1.82, 2.24) is 9.88 Å². The van der Waals surface area contributed by atoms with Crippen LogP contribution < -0.4 is 4.74 Å². The number of carbonyl (C=O) groups excluding carboxylic acids is 1. The van der Waals surface area contributed by atoms with Gasteiger partial charge in [-0.25, -0.2) is 4.98 Å². The van der Waals surface area contributed by atoms with Gasteiger partial charge in [-0.3, -0.25) is 4.79 Å². The minimum atomic E-state index is 0.153. The summed E-state index contributed by atoms with van der Waals surface area (Å²) < 4.78 is 11.4. The van der Waals surface area contributed by atoms with E-state index in [2.05, 4.69) is 4.98 Å². The molecular weight excluding hydrogens is 340 g/mol. The van der Waals surface area contributed by atoms with Crippen LogP contribution >= 0.6 is 0 Å². The molecule has 5 heteroatoms. The quantitative estimate of drug-likeness (QED) is 0.682. The Morgan fingerprint density at radius 2 is 2.04 bits per heavy atom. The molecule has 0 bridgehead atoms. The van der Waals surface area contributed by atoms with E-state index < -0.39 is 0 Å². The lowest BCUT2D eigenvalue weighted by molar-refractivity contribution is -0.131. The Morgan fingerprint density at radius 3 is 2.81 bits per heavy atom. The summed E-state index contributed by atoms with van der Waals surface area (Å²) in [5.74, 6) is 1.90. The summed E-state index contributed by atoms with van der Waals surface area (Å²) in [6.45, 7) is 4.07. The first kappa shape index (κ1) is 17.6. The lowest BCUT2D eigenvalue weighted by Gasteiger charge is -2.31. The van der Waals surface area contributed by atoms with Crippen molar-refractivity contribution >= 4 is 17.0 Å². The fourth-order valence-corrected chi connectivity index (χ4v) is 3.63. The monoisotopic (exact) mass is 364 g/mol. The molecule has 1 aromatic heterocycles. The van der Waals surface area contributed by atoms with Crippen LogP contribution in [0.1, 0.15) is 37.1 Å². The molecule has 0 spiro atoms. The molecule has 2 heterocycles. The first-order valence-electron chi connectivity index (χ1n) is 9.58. The number of piperidine rings is 1. The van der Waals surface area contributed by atoms with Crippen molar-refractivity contribution in [1.29, 1.82) is 0 Å². The Morgan fingerprint density at radius 1 is 1.22 bits per heavy atom. The number of fused-ring (bicyclic) bond motifs is 1. The number of para-hydroxylation sites is 2. The number of rotatable bonds is 5. The van der Waals surface area contributed by atoms with Gasteiger partial charge in [-0.2, -0.15) is 0 Å². The zero-order valence-electron chi connectivity index (χ0n) is 15.6. The molecule has 0 saturated carbocycles. The Labute approximate surface area is 158 Å². The Bertz CT molecular complexity index is 884. The van der Waals surface area contributed by atoms with Gasteiger partial charge < -0.3 is 14.1 Å². The van der Waals surface area contributed by atoms with Crippen LogP contribution in [0.3, 0.4) is 0 Å². The van der Waals surface area contributed by atoms with E-state index in [9.17, 15) is 4.79 Å². The molecule has 1 fully saturated rings. The highest BCUT2D eigenvalue weighted by atomic mass is 16.5. The van der Waals surface area contributed by atoms with Crippen LogP contribution in [0, 0.1) is 0 Å². The maximum Gasteiger partial charge on any atom is 0.227 e. The van der Waals surface area contributed by atoms with E-state index in [4.69, 9.17) is 9.15 Å². The number of ether oxygens (including phenoxy) is 1. The van der Waals surface area contributed by atoms with E-state index in [1.807, 2.05) is 60.4 Å². The fraction of sp³-hybridized carbons (Fsp3) is 0.364. The normalized spacial score (nSPS) is 17.2. The predicted octanol–water partition coefficient (Wildman–Crippen LogP) is 4.18. The van der Waals surface area contributed by atoms with Crippen molar-refractivity contribution in [2.75, 3.05) is 19.7 Å². The van der Waals surface area contributed by atoms with Crippen LogP contribution in [0.4, 0.5) is 0 Å². The van der Waals surface area contributed by atoms with Gasteiger partial charge in [0.15, 0.2) is 11.5 Å². The largest absolute Gasteiger partial charge is 0.494 e. The number of aromatic nitrogens is 1. The van der Waals surface area contributed by atoms with E-state index >= 15 is 0 Å². The molecule has 5 nitrogen and oxygen atoms in total. The maximum atomic E-state index is 12.8. The molecule has 1 aliphatic rings. The van der Waals surface area contributed by atoms with Crippen LogP contribution in [0.2, 0.25) is 0 Å². The van der Waals surface area contributed by atoms with E-state index in [1.165, 1.54) is 0 Å². The molecule has 1 atom stereocenters. The molecule has 27 heavy (non-hydrogen) atoms. The number of benzene rings is 2. The van der Waals surface area contributed by atoms with Gasteiger partial charge in [-0.15, -0.1) is 0 Å². The first-order valence-corrected chi connectivity index (χ1v) is 9.58. The minimum absolute atomic E-state index is 0.153. The Hall–Kier alpha value is -2.82. The SMILES string of the molecule is CCOc1ccc(CC(=O)N2CCC[C@@H](c3nc4ccccc4o3)C2)cc1. The molecule has 4 rings (SSSR count). The fourth-order valence-electron chi connectivity index (χ4n) is 3.63. The van der Waals surface area contributed by atoms with E-state index in [-0.39, 0.29) is 11.8 Å². The second-order valence-electron chi connectivity index (χ2n) is 6.95. The van der Waals surface area contributed by atoms with Crippen LogP contribution in [0.25, 0.3) is 11.1 Å². The van der Waals surface area contributed by atoms with Gasteiger partial charge in [0.25, 0.3) is 0 Å². The van der Waals surface area contributed by atoms with Crippen LogP contribution in [0.5, 0.6) is 5.75 Å². The third-order valence-corrected chi connectivity index (χ3v) is 5.02. The molecule has 0 unspecified atom stereocenters. The Balaban J connectivity index is 1.41. The van der Waals surface area contributed by atoms with E-state index in [1.54, 1.807) is 0 Å². The lowest BCUT2D eigenvalue weighted by Crippen LogP contribution is -2.40. The maximum absolute atomic E-state index is 12.8. The highest BCUT2D eigenvalue weighted by Gasteiger charge is 2.28. The van der Waals surface area contributed by atoms with E-state index in [0.29, 0.717) is 19.6 Å². The predicted molar refractivity (Wildman–Crippen MR) is 104 cm³/mol. The number of amides is 1. The number of hydrogen-bond donors (Lipinski definition) is 0. The minimum Gasteiger partial charge on any atom is -0.494 e. The molecule has 140 valence electrons. The average Bonchev–Trinajstić information content (AvgIpc) is 3.14.